The maximum Gasteiger partial charge on any atom is 0.142 e. The Balaban J connectivity index is 1.89. The number of hydrogen-bond acceptors (Lipinski definition) is 4. The van der Waals surface area contributed by atoms with E-state index in [0.717, 1.165) is 35.6 Å². The van der Waals surface area contributed by atoms with E-state index in [1.165, 1.54) is 6.42 Å². The Morgan fingerprint density at radius 2 is 2.08 bits per heavy atom. The summed E-state index contributed by atoms with van der Waals surface area (Å²) in [6.45, 7) is 0. The number of nitrogens with two attached hydrogens (primary N) is 1. The molecule has 0 radical (unpaired) electrons. The normalized spacial score (nSPS) is 14.1. The van der Waals surface area contributed by atoms with Gasteiger partial charge in [0.25, 0.3) is 0 Å². The molecule has 0 atom stereocenters. The summed E-state index contributed by atoms with van der Waals surface area (Å²) in [4.78, 5) is 8.87. The third-order valence-corrected chi connectivity index (χ3v) is 4.62. The maximum absolute atomic E-state index is 9.57. The molecule has 0 spiro atoms. The molecule has 0 aromatic carbocycles. The summed E-state index contributed by atoms with van der Waals surface area (Å²) in [7, 11) is 0. The van der Waals surface area contributed by atoms with Crippen molar-refractivity contribution in [3.8, 4) is 23.1 Å². The molecule has 0 saturated heterocycles. The second-order valence-electron chi connectivity index (χ2n) is 6.05. The zero-order valence-corrected chi connectivity index (χ0v) is 13.2. The van der Waals surface area contributed by atoms with Crippen LogP contribution in [0.5, 0.6) is 0 Å². The number of anilines is 1. The van der Waals surface area contributed by atoms with Gasteiger partial charge in [-0.15, -0.1) is 0 Å². The average molecular weight is 315 g/mol. The second kappa shape index (κ2) is 5.82. The molecule has 24 heavy (non-hydrogen) atoms. The van der Waals surface area contributed by atoms with Gasteiger partial charge < -0.3 is 10.3 Å². The third kappa shape index (κ3) is 2.33. The van der Waals surface area contributed by atoms with Gasteiger partial charge in [-0.2, -0.15) is 5.26 Å². The number of nitrogen functional groups attached to an aromatic ring is 1. The predicted octanol–water partition coefficient (Wildman–Crippen LogP) is 3.66. The van der Waals surface area contributed by atoms with Crippen molar-refractivity contribution in [2.45, 2.75) is 25.2 Å². The Bertz CT molecular complexity index is 917. The van der Waals surface area contributed by atoms with Crippen LogP contribution in [0, 0.1) is 11.3 Å². The fraction of sp³-hybridized carbons (Fsp3) is 0.211. The number of aromatic nitrogens is 3. The topological polar surface area (TPSA) is 80.5 Å². The Labute approximate surface area is 140 Å². The van der Waals surface area contributed by atoms with E-state index in [1.54, 1.807) is 6.20 Å². The summed E-state index contributed by atoms with van der Waals surface area (Å²) in [5, 5.41) is 9.57. The highest BCUT2D eigenvalue weighted by Gasteiger charge is 2.24. The van der Waals surface area contributed by atoms with Crippen LogP contribution >= 0.6 is 0 Å². The highest BCUT2D eigenvalue weighted by Crippen LogP contribution is 2.39. The summed E-state index contributed by atoms with van der Waals surface area (Å²) >= 11 is 0. The van der Waals surface area contributed by atoms with E-state index in [2.05, 4.69) is 16.0 Å². The Hall–Kier alpha value is -3.13. The van der Waals surface area contributed by atoms with E-state index < -0.39 is 0 Å². The molecule has 118 valence electrons. The van der Waals surface area contributed by atoms with Crippen LogP contribution in [0.1, 0.15) is 36.4 Å². The summed E-state index contributed by atoms with van der Waals surface area (Å²) in [5.41, 5.74) is 9.22. The van der Waals surface area contributed by atoms with Gasteiger partial charge in [-0.25, -0.2) is 9.97 Å². The number of hydrogen-bond donors (Lipinski definition) is 1. The van der Waals surface area contributed by atoms with Crippen LogP contribution in [0.3, 0.4) is 0 Å². The molecule has 3 aromatic rings. The first-order chi connectivity index (χ1) is 11.8. The van der Waals surface area contributed by atoms with E-state index in [1.807, 2.05) is 47.2 Å². The molecule has 0 aliphatic heterocycles. The minimum Gasteiger partial charge on any atom is -0.383 e. The molecular weight excluding hydrogens is 298 g/mol. The molecule has 1 saturated carbocycles. The molecule has 5 heteroatoms. The number of nitrogens with zero attached hydrogens (tertiary/aromatic N) is 4. The van der Waals surface area contributed by atoms with Crippen LogP contribution in [-0.4, -0.2) is 14.5 Å². The Morgan fingerprint density at radius 1 is 1.21 bits per heavy atom. The molecule has 3 aromatic heterocycles. The lowest BCUT2D eigenvalue weighted by molar-refractivity contribution is 0.411. The van der Waals surface area contributed by atoms with Crippen molar-refractivity contribution < 1.29 is 0 Å². The van der Waals surface area contributed by atoms with Crippen molar-refractivity contribution in [1.82, 2.24) is 14.5 Å². The molecule has 0 amide bonds. The lowest BCUT2D eigenvalue weighted by atomic mass is 9.82. The van der Waals surface area contributed by atoms with Gasteiger partial charge in [0.2, 0.25) is 0 Å². The van der Waals surface area contributed by atoms with E-state index in [-0.39, 0.29) is 0 Å². The molecule has 1 aliphatic carbocycles. The van der Waals surface area contributed by atoms with Gasteiger partial charge in [-0.05, 0) is 43.2 Å². The average Bonchev–Trinajstić information content (AvgIpc) is 3.03. The first-order valence-corrected chi connectivity index (χ1v) is 8.07. The first-order valence-electron chi connectivity index (χ1n) is 8.07. The minimum atomic E-state index is 0.311. The van der Waals surface area contributed by atoms with Crippen molar-refractivity contribution in [3.05, 3.63) is 60.0 Å². The fourth-order valence-corrected chi connectivity index (χ4v) is 3.11. The van der Waals surface area contributed by atoms with Crippen molar-refractivity contribution in [2.24, 2.45) is 0 Å². The van der Waals surface area contributed by atoms with Crippen molar-refractivity contribution in [3.63, 3.8) is 0 Å². The second-order valence-corrected chi connectivity index (χ2v) is 6.05. The van der Waals surface area contributed by atoms with Crippen molar-refractivity contribution in [2.75, 3.05) is 5.73 Å². The Kier molecular flexibility index (Phi) is 3.51. The number of rotatable bonds is 3. The van der Waals surface area contributed by atoms with Gasteiger partial charge in [0.1, 0.15) is 23.3 Å². The highest BCUT2D eigenvalue weighted by molar-refractivity contribution is 5.75. The van der Waals surface area contributed by atoms with Crippen LogP contribution in [0.25, 0.3) is 17.1 Å². The zero-order chi connectivity index (χ0) is 16.5. The van der Waals surface area contributed by atoms with Crippen LogP contribution in [-0.2, 0) is 0 Å². The summed E-state index contributed by atoms with van der Waals surface area (Å²) in [6, 6.07) is 13.9. The zero-order valence-electron chi connectivity index (χ0n) is 13.2. The molecule has 5 nitrogen and oxygen atoms in total. The van der Waals surface area contributed by atoms with Gasteiger partial charge in [-0.3, -0.25) is 0 Å². The van der Waals surface area contributed by atoms with E-state index in [4.69, 9.17) is 5.73 Å². The number of pyridine rings is 2. The van der Waals surface area contributed by atoms with Crippen molar-refractivity contribution in [1.29, 1.82) is 5.26 Å². The summed E-state index contributed by atoms with van der Waals surface area (Å²) in [6.07, 6.45) is 7.20. The summed E-state index contributed by atoms with van der Waals surface area (Å²) < 4.78 is 1.97. The van der Waals surface area contributed by atoms with Crippen LogP contribution < -0.4 is 5.73 Å². The number of nitriles is 1. The molecule has 4 rings (SSSR count). The van der Waals surface area contributed by atoms with Crippen LogP contribution in [0.2, 0.25) is 0 Å². The maximum atomic E-state index is 9.57. The van der Waals surface area contributed by atoms with Crippen molar-refractivity contribution >= 4 is 5.82 Å². The smallest absolute Gasteiger partial charge is 0.142 e. The van der Waals surface area contributed by atoms with Crippen LogP contribution in [0.4, 0.5) is 5.82 Å². The van der Waals surface area contributed by atoms with Gasteiger partial charge in [-0.1, -0.05) is 12.5 Å². The quantitative estimate of drug-likeness (QED) is 0.800. The largest absolute Gasteiger partial charge is 0.383 e. The predicted molar refractivity (Wildman–Crippen MR) is 92.5 cm³/mol. The molecule has 1 aliphatic rings. The van der Waals surface area contributed by atoms with E-state index >= 15 is 0 Å². The third-order valence-electron chi connectivity index (χ3n) is 4.62. The molecule has 0 unspecified atom stereocenters. The minimum absolute atomic E-state index is 0.311. The Morgan fingerprint density at radius 3 is 2.75 bits per heavy atom. The van der Waals surface area contributed by atoms with E-state index in [9.17, 15) is 5.26 Å². The van der Waals surface area contributed by atoms with Crippen LogP contribution in [0.15, 0.2) is 48.8 Å². The lowest BCUT2D eigenvalue weighted by Crippen LogP contribution is -2.13. The SMILES string of the molecule is N#Cc1c(-c2cccn2-c2ccccn2)cc(C2CCC2)nc1N. The van der Waals surface area contributed by atoms with Gasteiger partial charge in [0, 0.05) is 29.6 Å². The fourth-order valence-electron chi connectivity index (χ4n) is 3.11. The molecule has 1 fully saturated rings. The van der Waals surface area contributed by atoms with E-state index in [0.29, 0.717) is 17.3 Å². The van der Waals surface area contributed by atoms with Gasteiger partial charge in [0.15, 0.2) is 0 Å². The lowest BCUT2D eigenvalue weighted by Gasteiger charge is -2.25. The molecular formula is C19H17N5. The standard InChI is InChI=1S/C19H17N5/c20-12-15-14(11-16(23-19(15)21)13-5-3-6-13)17-7-4-10-24(17)18-8-1-2-9-22-18/h1-2,4,7-11,13H,3,5-6H2,(H2,21,23). The summed E-state index contributed by atoms with van der Waals surface area (Å²) in [5.74, 6) is 1.57. The molecule has 2 N–H and O–H groups in total. The highest BCUT2D eigenvalue weighted by atomic mass is 15.1. The van der Waals surface area contributed by atoms with Gasteiger partial charge >= 0.3 is 0 Å². The molecule has 0 bridgehead atoms. The first kappa shape index (κ1) is 14.5. The monoisotopic (exact) mass is 315 g/mol. The van der Waals surface area contributed by atoms with Gasteiger partial charge in [0.05, 0.1) is 5.69 Å². The molecule has 3 heterocycles.